The van der Waals surface area contributed by atoms with Gasteiger partial charge in [0, 0.05) is 30.0 Å². The molecular formula is C33H36N6O3. The minimum atomic E-state index is -0.280. The molecule has 0 bridgehead atoms. The average molecular weight is 565 g/mol. The van der Waals surface area contributed by atoms with Crippen molar-refractivity contribution in [2.24, 2.45) is 0 Å². The number of para-hydroxylation sites is 1. The Morgan fingerprint density at radius 1 is 0.881 bits per heavy atom. The van der Waals surface area contributed by atoms with E-state index in [1.165, 1.54) is 6.33 Å². The highest BCUT2D eigenvalue weighted by Crippen LogP contribution is 2.31. The van der Waals surface area contributed by atoms with Crippen LogP contribution in [0.25, 0.3) is 22.4 Å². The van der Waals surface area contributed by atoms with Crippen LogP contribution in [-0.2, 0) is 6.42 Å². The maximum Gasteiger partial charge on any atom is 0.323 e. The number of nitrogens with one attached hydrogen (secondary N) is 3. The Bertz CT molecular complexity index is 1570. The molecular weight excluding hydrogens is 528 g/mol. The van der Waals surface area contributed by atoms with Gasteiger partial charge in [0.25, 0.3) is 0 Å². The van der Waals surface area contributed by atoms with E-state index < -0.39 is 0 Å². The van der Waals surface area contributed by atoms with Gasteiger partial charge in [-0.2, -0.15) is 0 Å². The van der Waals surface area contributed by atoms with Crippen molar-refractivity contribution >= 4 is 34.3 Å². The molecule has 2 amide bonds. The number of fused-ring (bicyclic) bond motifs is 1. The number of aromatic nitrogens is 2. The number of carbonyl (C=O) groups excluding carboxylic acids is 1. The lowest BCUT2D eigenvalue weighted by atomic mass is 10.1. The summed E-state index contributed by atoms with van der Waals surface area (Å²) in [6.45, 7) is 8.59. The van der Waals surface area contributed by atoms with E-state index in [1.54, 1.807) is 0 Å². The van der Waals surface area contributed by atoms with Crippen LogP contribution in [0, 0.1) is 0 Å². The number of likely N-dealkylation sites (N-methyl/N-ethyl adjacent to an activating group) is 1. The molecule has 0 fully saturated rings. The van der Waals surface area contributed by atoms with Crippen molar-refractivity contribution in [3.05, 3.63) is 96.8 Å². The lowest BCUT2D eigenvalue weighted by molar-refractivity contribution is 0.223. The normalized spacial score (nSPS) is 11.0. The first-order chi connectivity index (χ1) is 20.6. The molecule has 5 rings (SSSR count). The number of furan rings is 1. The van der Waals surface area contributed by atoms with E-state index in [1.807, 2.05) is 84.9 Å². The monoisotopic (exact) mass is 564 g/mol. The molecule has 0 unspecified atom stereocenters. The SMILES string of the molecule is CCN(CC)CCOc1ccc(-c2cc3c(NCCc4ccc(NC(=O)Nc5ccccc5)cc4)ncnc3o2)cc1. The lowest BCUT2D eigenvalue weighted by Gasteiger charge is -2.18. The Balaban J connectivity index is 1.14. The Morgan fingerprint density at radius 3 is 2.31 bits per heavy atom. The molecule has 3 aromatic carbocycles. The first-order valence-corrected chi connectivity index (χ1v) is 14.3. The fraction of sp³-hybridized carbons (Fsp3) is 0.242. The molecule has 0 spiro atoms. The first kappa shape index (κ1) is 28.6. The zero-order valence-corrected chi connectivity index (χ0v) is 24.0. The molecule has 216 valence electrons. The summed E-state index contributed by atoms with van der Waals surface area (Å²) in [5.74, 6) is 2.29. The highest BCUT2D eigenvalue weighted by molar-refractivity contribution is 5.99. The van der Waals surface area contributed by atoms with Crippen molar-refractivity contribution in [3.63, 3.8) is 0 Å². The number of hydrogen-bond donors (Lipinski definition) is 3. The quantitative estimate of drug-likeness (QED) is 0.143. The number of ether oxygens (including phenoxy) is 1. The summed E-state index contributed by atoms with van der Waals surface area (Å²) in [5, 5.41) is 9.91. The molecule has 42 heavy (non-hydrogen) atoms. The minimum absolute atomic E-state index is 0.280. The van der Waals surface area contributed by atoms with Crippen LogP contribution >= 0.6 is 0 Å². The number of hydrogen-bond acceptors (Lipinski definition) is 7. The maximum atomic E-state index is 12.2. The van der Waals surface area contributed by atoms with Crippen molar-refractivity contribution in [1.82, 2.24) is 14.9 Å². The fourth-order valence-electron chi connectivity index (χ4n) is 4.58. The third-order valence-electron chi connectivity index (χ3n) is 6.99. The Kier molecular flexibility index (Phi) is 9.64. The molecule has 9 heteroatoms. The highest BCUT2D eigenvalue weighted by Gasteiger charge is 2.12. The minimum Gasteiger partial charge on any atom is -0.492 e. The molecule has 0 aliphatic rings. The van der Waals surface area contributed by atoms with Gasteiger partial charge < -0.3 is 30.0 Å². The van der Waals surface area contributed by atoms with Gasteiger partial charge in [0.2, 0.25) is 5.71 Å². The third-order valence-corrected chi connectivity index (χ3v) is 6.99. The summed E-state index contributed by atoms with van der Waals surface area (Å²) in [4.78, 5) is 23.3. The van der Waals surface area contributed by atoms with E-state index in [0.29, 0.717) is 18.9 Å². The number of carbonyl (C=O) groups is 1. The molecule has 0 saturated carbocycles. The molecule has 0 atom stereocenters. The van der Waals surface area contributed by atoms with E-state index in [4.69, 9.17) is 9.15 Å². The number of amides is 2. The number of nitrogens with zero attached hydrogens (tertiary/aromatic N) is 3. The van der Waals surface area contributed by atoms with E-state index in [0.717, 1.165) is 71.3 Å². The number of urea groups is 1. The zero-order chi connectivity index (χ0) is 29.1. The zero-order valence-electron chi connectivity index (χ0n) is 24.0. The Hall–Kier alpha value is -4.89. The standard InChI is InChI=1S/C33H36N6O3/c1-3-39(4-2)20-21-41-28-16-12-25(13-17-28)30-22-29-31(35-23-36-32(29)42-30)34-19-18-24-10-14-27(15-11-24)38-33(40)37-26-8-6-5-7-9-26/h5-17,22-23H,3-4,18-21H2,1-2H3,(H,34,35,36)(H2,37,38,40). The van der Waals surface area contributed by atoms with E-state index in [2.05, 4.69) is 44.7 Å². The van der Waals surface area contributed by atoms with Gasteiger partial charge in [-0.3, -0.25) is 0 Å². The van der Waals surface area contributed by atoms with Crippen LogP contribution in [0.5, 0.6) is 5.75 Å². The van der Waals surface area contributed by atoms with Gasteiger partial charge in [-0.25, -0.2) is 14.8 Å². The number of rotatable bonds is 13. The molecule has 0 radical (unpaired) electrons. The van der Waals surface area contributed by atoms with Crippen LogP contribution in [0.3, 0.4) is 0 Å². The van der Waals surface area contributed by atoms with Gasteiger partial charge in [0.1, 0.15) is 30.3 Å². The summed E-state index contributed by atoms with van der Waals surface area (Å²) in [7, 11) is 0. The summed E-state index contributed by atoms with van der Waals surface area (Å²) in [5.41, 5.74) is 4.08. The van der Waals surface area contributed by atoms with Crippen LogP contribution in [0.4, 0.5) is 22.0 Å². The van der Waals surface area contributed by atoms with Gasteiger partial charge in [-0.05, 0) is 79.7 Å². The molecule has 0 aliphatic carbocycles. The van der Waals surface area contributed by atoms with Crippen LogP contribution in [-0.4, -0.2) is 53.7 Å². The van der Waals surface area contributed by atoms with Crippen molar-refractivity contribution in [2.75, 3.05) is 48.7 Å². The largest absolute Gasteiger partial charge is 0.492 e. The van der Waals surface area contributed by atoms with Crippen LogP contribution < -0.4 is 20.7 Å². The predicted molar refractivity (Wildman–Crippen MR) is 168 cm³/mol. The van der Waals surface area contributed by atoms with E-state index in [-0.39, 0.29) is 6.03 Å². The molecule has 9 nitrogen and oxygen atoms in total. The Morgan fingerprint density at radius 2 is 1.60 bits per heavy atom. The smallest absolute Gasteiger partial charge is 0.323 e. The Labute approximate surface area is 245 Å². The van der Waals surface area contributed by atoms with Crippen molar-refractivity contribution < 1.29 is 13.9 Å². The van der Waals surface area contributed by atoms with Gasteiger partial charge >= 0.3 is 6.03 Å². The number of benzene rings is 3. The molecule has 5 aromatic rings. The second-order valence-electron chi connectivity index (χ2n) is 9.77. The summed E-state index contributed by atoms with van der Waals surface area (Å²) < 4.78 is 12.0. The predicted octanol–water partition coefficient (Wildman–Crippen LogP) is 6.91. The summed E-state index contributed by atoms with van der Waals surface area (Å²) in [6, 6.07) is 26.7. The second-order valence-corrected chi connectivity index (χ2v) is 9.77. The third kappa shape index (κ3) is 7.64. The van der Waals surface area contributed by atoms with Gasteiger partial charge in [-0.1, -0.05) is 44.2 Å². The average Bonchev–Trinajstić information content (AvgIpc) is 3.46. The molecule has 2 aromatic heterocycles. The molecule has 3 N–H and O–H groups in total. The van der Waals surface area contributed by atoms with Gasteiger partial charge in [0.05, 0.1) is 5.39 Å². The fourth-order valence-corrected chi connectivity index (χ4v) is 4.58. The maximum absolute atomic E-state index is 12.2. The topological polar surface area (TPSA) is 105 Å². The van der Waals surface area contributed by atoms with E-state index in [9.17, 15) is 4.79 Å². The van der Waals surface area contributed by atoms with Crippen LogP contribution in [0.15, 0.2) is 95.7 Å². The first-order valence-electron chi connectivity index (χ1n) is 14.3. The summed E-state index contributed by atoms with van der Waals surface area (Å²) in [6.07, 6.45) is 2.29. The highest BCUT2D eigenvalue weighted by atomic mass is 16.5. The van der Waals surface area contributed by atoms with Crippen LogP contribution in [0.2, 0.25) is 0 Å². The molecule has 0 aliphatic heterocycles. The van der Waals surface area contributed by atoms with Gasteiger partial charge in [-0.15, -0.1) is 0 Å². The second kappa shape index (κ2) is 14.1. The van der Waals surface area contributed by atoms with Crippen molar-refractivity contribution in [1.29, 1.82) is 0 Å². The van der Waals surface area contributed by atoms with E-state index >= 15 is 0 Å². The van der Waals surface area contributed by atoms with Crippen LogP contribution in [0.1, 0.15) is 19.4 Å². The van der Waals surface area contributed by atoms with Gasteiger partial charge in [0.15, 0.2) is 0 Å². The van der Waals surface area contributed by atoms with Crippen molar-refractivity contribution in [3.8, 4) is 17.1 Å². The summed E-state index contributed by atoms with van der Waals surface area (Å²) >= 11 is 0. The molecule has 0 saturated heterocycles. The number of anilines is 3. The van der Waals surface area contributed by atoms with Crippen molar-refractivity contribution in [2.45, 2.75) is 20.3 Å². The molecule has 2 heterocycles. The lowest BCUT2D eigenvalue weighted by Crippen LogP contribution is -2.27.